The largest absolute Gasteiger partial charge is 0.385 e. The van der Waals surface area contributed by atoms with Crippen LogP contribution in [0.2, 0.25) is 5.02 Å². The molecule has 3 nitrogen and oxygen atoms in total. The van der Waals surface area contributed by atoms with Gasteiger partial charge in [-0.25, -0.2) is 4.39 Å². The Labute approximate surface area is 106 Å². The molecule has 2 unspecified atom stereocenters. The zero-order valence-electron chi connectivity index (χ0n) is 10.0. The lowest BCUT2D eigenvalue weighted by Gasteiger charge is -2.24. The van der Waals surface area contributed by atoms with Crippen LogP contribution in [0.5, 0.6) is 0 Å². The first kappa shape index (κ1) is 14.4. The molecule has 1 aromatic rings. The van der Waals surface area contributed by atoms with Gasteiger partial charge in [-0.15, -0.1) is 0 Å². The fourth-order valence-corrected chi connectivity index (χ4v) is 2.04. The molecule has 0 aliphatic heterocycles. The van der Waals surface area contributed by atoms with E-state index >= 15 is 0 Å². The van der Waals surface area contributed by atoms with E-state index < -0.39 is 5.82 Å². The van der Waals surface area contributed by atoms with E-state index in [4.69, 9.17) is 22.2 Å². The van der Waals surface area contributed by atoms with Crippen molar-refractivity contribution in [3.8, 4) is 0 Å². The van der Waals surface area contributed by atoms with Gasteiger partial charge in [-0.05, 0) is 24.0 Å². The number of benzene rings is 1. The average molecular weight is 261 g/mol. The Hall–Kier alpha value is -0.680. The first-order chi connectivity index (χ1) is 8.11. The van der Waals surface area contributed by atoms with Crippen molar-refractivity contribution >= 4 is 11.6 Å². The maximum atomic E-state index is 13.4. The number of rotatable bonds is 6. The van der Waals surface area contributed by atoms with Gasteiger partial charge in [0.15, 0.2) is 0 Å². The Morgan fingerprint density at radius 3 is 2.82 bits per heavy atom. The van der Waals surface area contributed by atoms with E-state index in [0.717, 1.165) is 6.42 Å². The van der Waals surface area contributed by atoms with Crippen LogP contribution in [-0.2, 0) is 4.74 Å². The summed E-state index contributed by atoms with van der Waals surface area (Å²) < 4.78 is 18.4. The van der Waals surface area contributed by atoms with Gasteiger partial charge in [0.25, 0.3) is 0 Å². The van der Waals surface area contributed by atoms with E-state index in [1.807, 2.05) is 6.92 Å². The molecule has 1 rings (SSSR count). The molecular weight excluding hydrogens is 243 g/mol. The summed E-state index contributed by atoms with van der Waals surface area (Å²) in [6.45, 7) is 2.65. The fourth-order valence-electron chi connectivity index (χ4n) is 1.79. The molecule has 1 aromatic carbocycles. The fraction of sp³-hybridized carbons (Fsp3) is 0.500. The molecule has 0 radical (unpaired) electrons. The quantitative estimate of drug-likeness (QED) is 0.611. The van der Waals surface area contributed by atoms with Crippen LogP contribution < -0.4 is 11.3 Å². The van der Waals surface area contributed by atoms with Crippen LogP contribution in [0, 0.1) is 11.7 Å². The molecule has 3 N–H and O–H groups in total. The summed E-state index contributed by atoms with van der Waals surface area (Å²) in [5.41, 5.74) is 3.37. The number of hydrogen-bond acceptors (Lipinski definition) is 3. The summed E-state index contributed by atoms with van der Waals surface area (Å²) in [7, 11) is 1.65. The third kappa shape index (κ3) is 3.64. The summed E-state index contributed by atoms with van der Waals surface area (Å²) in [4.78, 5) is 0. The Bertz CT molecular complexity index is 362. The smallest absolute Gasteiger partial charge is 0.142 e. The van der Waals surface area contributed by atoms with Crippen molar-refractivity contribution in [3.63, 3.8) is 0 Å². The Balaban J connectivity index is 2.89. The van der Waals surface area contributed by atoms with Gasteiger partial charge < -0.3 is 4.74 Å². The minimum atomic E-state index is -0.427. The minimum Gasteiger partial charge on any atom is -0.385 e. The van der Waals surface area contributed by atoms with E-state index in [9.17, 15) is 4.39 Å². The predicted octanol–water partition coefficient (Wildman–Crippen LogP) is 2.66. The topological polar surface area (TPSA) is 47.3 Å². The van der Waals surface area contributed by atoms with Crippen LogP contribution in [0.25, 0.3) is 0 Å². The standard InChI is InChI=1S/C12H18ClFN2O/c1-8(6-7-17-2)12(16-15)9-4-3-5-10(14)11(9)13/h3-5,8,12,16H,6-7,15H2,1-2H3. The van der Waals surface area contributed by atoms with Crippen LogP contribution in [0.4, 0.5) is 4.39 Å². The van der Waals surface area contributed by atoms with Gasteiger partial charge in [0.05, 0.1) is 11.1 Å². The molecule has 0 aliphatic rings. The van der Waals surface area contributed by atoms with Gasteiger partial charge in [0.2, 0.25) is 0 Å². The SMILES string of the molecule is COCCC(C)C(NN)c1cccc(F)c1Cl. The Kier molecular flexibility index (Phi) is 5.85. The normalized spacial score (nSPS) is 14.6. The summed E-state index contributed by atoms with van der Waals surface area (Å²) in [5.74, 6) is 5.29. The summed E-state index contributed by atoms with van der Waals surface area (Å²) >= 11 is 5.94. The van der Waals surface area contributed by atoms with Crippen LogP contribution in [-0.4, -0.2) is 13.7 Å². The molecule has 0 fully saturated rings. The highest BCUT2D eigenvalue weighted by Crippen LogP contribution is 2.30. The molecule has 0 aliphatic carbocycles. The maximum absolute atomic E-state index is 13.4. The lowest BCUT2D eigenvalue weighted by molar-refractivity contribution is 0.170. The van der Waals surface area contributed by atoms with E-state index in [0.29, 0.717) is 12.2 Å². The Morgan fingerprint density at radius 2 is 2.24 bits per heavy atom. The highest BCUT2D eigenvalue weighted by atomic mass is 35.5. The highest BCUT2D eigenvalue weighted by Gasteiger charge is 2.21. The van der Waals surface area contributed by atoms with E-state index in [-0.39, 0.29) is 17.0 Å². The lowest BCUT2D eigenvalue weighted by Crippen LogP contribution is -2.33. The summed E-state index contributed by atoms with van der Waals surface area (Å²) in [5, 5.41) is 0.125. The summed E-state index contributed by atoms with van der Waals surface area (Å²) in [6, 6.07) is 4.55. The zero-order chi connectivity index (χ0) is 12.8. The van der Waals surface area contributed by atoms with E-state index in [2.05, 4.69) is 5.43 Å². The molecule has 0 amide bonds. The van der Waals surface area contributed by atoms with E-state index in [1.54, 1.807) is 19.2 Å². The van der Waals surface area contributed by atoms with Crippen molar-refractivity contribution < 1.29 is 9.13 Å². The number of nitrogens with one attached hydrogen (secondary N) is 1. The molecule has 0 heterocycles. The number of methoxy groups -OCH3 is 1. The number of halogens is 2. The molecular formula is C12H18ClFN2O. The zero-order valence-corrected chi connectivity index (χ0v) is 10.8. The maximum Gasteiger partial charge on any atom is 0.142 e. The van der Waals surface area contributed by atoms with Crippen LogP contribution in [0.3, 0.4) is 0 Å². The van der Waals surface area contributed by atoms with Crippen molar-refractivity contribution in [1.29, 1.82) is 0 Å². The molecule has 0 aromatic heterocycles. The van der Waals surface area contributed by atoms with Gasteiger partial charge in [-0.1, -0.05) is 30.7 Å². The van der Waals surface area contributed by atoms with Gasteiger partial charge in [-0.2, -0.15) is 0 Å². The second kappa shape index (κ2) is 6.91. The first-order valence-electron chi connectivity index (χ1n) is 5.50. The first-order valence-corrected chi connectivity index (χ1v) is 5.88. The third-order valence-electron chi connectivity index (χ3n) is 2.84. The number of ether oxygens (including phenoxy) is 1. The second-order valence-corrected chi connectivity index (χ2v) is 4.42. The van der Waals surface area contributed by atoms with Gasteiger partial charge in [-0.3, -0.25) is 11.3 Å². The third-order valence-corrected chi connectivity index (χ3v) is 3.24. The van der Waals surface area contributed by atoms with Gasteiger partial charge in [0, 0.05) is 13.7 Å². The van der Waals surface area contributed by atoms with Crippen molar-refractivity contribution in [2.45, 2.75) is 19.4 Å². The molecule has 0 saturated carbocycles. The minimum absolute atomic E-state index is 0.125. The van der Waals surface area contributed by atoms with Gasteiger partial charge in [0.1, 0.15) is 5.82 Å². The Morgan fingerprint density at radius 1 is 1.53 bits per heavy atom. The molecule has 5 heteroatoms. The lowest BCUT2D eigenvalue weighted by atomic mass is 9.92. The molecule has 0 bridgehead atoms. The number of hydrogen-bond donors (Lipinski definition) is 2. The van der Waals surface area contributed by atoms with Crippen LogP contribution in [0.1, 0.15) is 24.9 Å². The summed E-state index contributed by atoms with van der Waals surface area (Å²) in [6.07, 6.45) is 0.818. The van der Waals surface area contributed by atoms with Crippen molar-refractivity contribution in [2.24, 2.45) is 11.8 Å². The average Bonchev–Trinajstić information content (AvgIpc) is 2.32. The predicted molar refractivity (Wildman–Crippen MR) is 67.1 cm³/mol. The van der Waals surface area contributed by atoms with Gasteiger partial charge >= 0.3 is 0 Å². The van der Waals surface area contributed by atoms with E-state index in [1.165, 1.54) is 6.07 Å². The van der Waals surface area contributed by atoms with Crippen molar-refractivity contribution in [1.82, 2.24) is 5.43 Å². The molecule has 96 valence electrons. The molecule has 17 heavy (non-hydrogen) atoms. The highest BCUT2D eigenvalue weighted by molar-refractivity contribution is 6.31. The molecule has 2 atom stereocenters. The van der Waals surface area contributed by atoms with Crippen molar-refractivity contribution in [3.05, 3.63) is 34.6 Å². The number of hydrazine groups is 1. The van der Waals surface area contributed by atoms with Crippen LogP contribution >= 0.6 is 11.6 Å². The monoisotopic (exact) mass is 260 g/mol. The van der Waals surface area contributed by atoms with Crippen LogP contribution in [0.15, 0.2) is 18.2 Å². The molecule has 0 saturated heterocycles. The molecule has 0 spiro atoms. The van der Waals surface area contributed by atoms with Crippen molar-refractivity contribution in [2.75, 3.05) is 13.7 Å². The number of nitrogens with two attached hydrogens (primary N) is 1. The second-order valence-electron chi connectivity index (χ2n) is 4.05.